The second kappa shape index (κ2) is 5.31. The molecule has 2 aromatic rings. The summed E-state index contributed by atoms with van der Waals surface area (Å²) in [6, 6.07) is 11.7. The van der Waals surface area contributed by atoms with Crippen LogP contribution in [0.2, 0.25) is 0 Å². The molecule has 0 saturated carbocycles. The van der Waals surface area contributed by atoms with Crippen LogP contribution in [-0.4, -0.2) is 7.11 Å². The summed E-state index contributed by atoms with van der Waals surface area (Å²) in [5.74, 6) is 0.755. The predicted molar refractivity (Wildman–Crippen MR) is 79.6 cm³/mol. The summed E-state index contributed by atoms with van der Waals surface area (Å²) in [4.78, 5) is 0. The molecule has 3 nitrogen and oxygen atoms in total. The van der Waals surface area contributed by atoms with Gasteiger partial charge < -0.3 is 15.8 Å². The number of hydrogen-bond acceptors (Lipinski definition) is 3. The van der Waals surface area contributed by atoms with Gasteiger partial charge in [0, 0.05) is 16.2 Å². The van der Waals surface area contributed by atoms with Crippen molar-refractivity contribution in [2.24, 2.45) is 0 Å². The highest BCUT2D eigenvalue weighted by Gasteiger charge is 2.03. The number of nitrogens with one attached hydrogen (secondary N) is 1. The fraction of sp³-hybridized carbons (Fsp3) is 0.143. The van der Waals surface area contributed by atoms with Gasteiger partial charge in [-0.2, -0.15) is 0 Å². The molecule has 0 unspecified atom stereocenters. The summed E-state index contributed by atoms with van der Waals surface area (Å²) < 4.78 is 6.21. The zero-order chi connectivity index (χ0) is 13.1. The summed E-state index contributed by atoms with van der Waals surface area (Å²) in [6.07, 6.45) is 0. The van der Waals surface area contributed by atoms with Crippen LogP contribution in [0.1, 0.15) is 5.56 Å². The standard InChI is InChI=1S/C14H15BrN2O/c1-9-7-10(3-5-12(9)15)17-14-6-4-11(18-2)8-13(14)16/h3-8,17H,16H2,1-2H3. The SMILES string of the molecule is COc1ccc(Nc2ccc(Br)c(C)c2)c(N)c1. The topological polar surface area (TPSA) is 47.3 Å². The Labute approximate surface area is 115 Å². The van der Waals surface area contributed by atoms with Crippen LogP contribution in [0, 0.1) is 6.92 Å². The molecule has 0 aliphatic rings. The van der Waals surface area contributed by atoms with Gasteiger partial charge in [0.25, 0.3) is 0 Å². The van der Waals surface area contributed by atoms with Crippen molar-refractivity contribution in [3.63, 3.8) is 0 Å². The third kappa shape index (κ3) is 2.76. The van der Waals surface area contributed by atoms with Crippen LogP contribution in [0.4, 0.5) is 17.1 Å². The van der Waals surface area contributed by atoms with Crippen LogP contribution in [0.3, 0.4) is 0 Å². The third-order valence-corrected chi connectivity index (χ3v) is 3.59. The number of halogens is 1. The summed E-state index contributed by atoms with van der Waals surface area (Å²) in [5.41, 5.74) is 9.68. The van der Waals surface area contributed by atoms with Crippen LogP contribution >= 0.6 is 15.9 Å². The van der Waals surface area contributed by atoms with E-state index in [0.29, 0.717) is 5.69 Å². The first-order valence-corrected chi connectivity index (χ1v) is 6.36. The Kier molecular flexibility index (Phi) is 3.77. The van der Waals surface area contributed by atoms with E-state index in [0.717, 1.165) is 21.6 Å². The molecule has 0 radical (unpaired) electrons. The minimum absolute atomic E-state index is 0.662. The molecule has 2 aromatic carbocycles. The molecule has 18 heavy (non-hydrogen) atoms. The number of nitrogens with two attached hydrogens (primary N) is 1. The molecule has 4 heteroatoms. The highest BCUT2D eigenvalue weighted by molar-refractivity contribution is 9.10. The number of benzene rings is 2. The van der Waals surface area contributed by atoms with Crippen LogP contribution in [0.25, 0.3) is 0 Å². The lowest BCUT2D eigenvalue weighted by molar-refractivity contribution is 0.415. The third-order valence-electron chi connectivity index (χ3n) is 2.70. The second-order valence-electron chi connectivity index (χ2n) is 4.04. The van der Waals surface area contributed by atoms with E-state index in [1.165, 1.54) is 5.56 Å². The molecule has 0 bridgehead atoms. The van der Waals surface area contributed by atoms with E-state index in [-0.39, 0.29) is 0 Å². The molecule has 0 spiro atoms. The first-order chi connectivity index (χ1) is 8.60. The smallest absolute Gasteiger partial charge is 0.121 e. The van der Waals surface area contributed by atoms with Crippen molar-refractivity contribution in [1.82, 2.24) is 0 Å². The van der Waals surface area contributed by atoms with Crippen molar-refractivity contribution < 1.29 is 4.74 Å². The second-order valence-corrected chi connectivity index (χ2v) is 4.90. The quantitative estimate of drug-likeness (QED) is 0.840. The van der Waals surface area contributed by atoms with Gasteiger partial charge in [-0.05, 0) is 42.8 Å². The molecule has 94 valence electrons. The van der Waals surface area contributed by atoms with E-state index in [1.54, 1.807) is 13.2 Å². The molecule has 0 atom stereocenters. The monoisotopic (exact) mass is 306 g/mol. The van der Waals surface area contributed by atoms with Gasteiger partial charge in [0.1, 0.15) is 5.75 Å². The average Bonchev–Trinajstić information content (AvgIpc) is 2.36. The summed E-state index contributed by atoms with van der Waals surface area (Å²) in [6.45, 7) is 2.05. The maximum Gasteiger partial charge on any atom is 0.121 e. The average molecular weight is 307 g/mol. The summed E-state index contributed by atoms with van der Waals surface area (Å²) in [5, 5.41) is 3.29. The van der Waals surface area contributed by atoms with Crippen molar-refractivity contribution in [2.75, 3.05) is 18.2 Å². The van der Waals surface area contributed by atoms with Crippen molar-refractivity contribution in [3.05, 3.63) is 46.4 Å². The zero-order valence-corrected chi connectivity index (χ0v) is 11.9. The van der Waals surface area contributed by atoms with Crippen LogP contribution in [-0.2, 0) is 0 Å². The van der Waals surface area contributed by atoms with Gasteiger partial charge in [-0.1, -0.05) is 15.9 Å². The van der Waals surface area contributed by atoms with Crippen molar-refractivity contribution in [3.8, 4) is 5.75 Å². The lowest BCUT2D eigenvalue weighted by Gasteiger charge is -2.11. The van der Waals surface area contributed by atoms with E-state index in [9.17, 15) is 0 Å². The van der Waals surface area contributed by atoms with Crippen LogP contribution in [0.15, 0.2) is 40.9 Å². The molecular formula is C14H15BrN2O. The maximum absolute atomic E-state index is 5.96. The predicted octanol–water partition coefficient (Wildman–Crippen LogP) is 4.09. The van der Waals surface area contributed by atoms with E-state index in [2.05, 4.69) is 27.3 Å². The normalized spacial score (nSPS) is 10.2. The number of ether oxygens (including phenoxy) is 1. The van der Waals surface area contributed by atoms with Gasteiger partial charge in [0.2, 0.25) is 0 Å². The Bertz CT molecular complexity index is 570. The first kappa shape index (κ1) is 12.8. The highest BCUT2D eigenvalue weighted by Crippen LogP contribution is 2.28. The summed E-state index contributed by atoms with van der Waals surface area (Å²) in [7, 11) is 1.62. The minimum atomic E-state index is 0.662. The number of hydrogen-bond donors (Lipinski definition) is 2. The van der Waals surface area contributed by atoms with E-state index in [1.807, 2.05) is 31.2 Å². The van der Waals surface area contributed by atoms with Crippen molar-refractivity contribution >= 4 is 33.0 Å². The van der Waals surface area contributed by atoms with Crippen molar-refractivity contribution in [1.29, 1.82) is 0 Å². The lowest BCUT2D eigenvalue weighted by Crippen LogP contribution is -1.97. The van der Waals surface area contributed by atoms with E-state index >= 15 is 0 Å². The Morgan fingerprint density at radius 1 is 1.17 bits per heavy atom. The Hall–Kier alpha value is -1.68. The fourth-order valence-corrected chi connectivity index (χ4v) is 1.91. The molecule has 0 aliphatic carbocycles. The zero-order valence-electron chi connectivity index (χ0n) is 10.3. The van der Waals surface area contributed by atoms with Gasteiger partial charge in [-0.15, -0.1) is 0 Å². The van der Waals surface area contributed by atoms with Gasteiger partial charge in [-0.3, -0.25) is 0 Å². The number of nitrogen functional groups attached to an aromatic ring is 1. The molecule has 0 saturated heterocycles. The number of rotatable bonds is 3. The number of aryl methyl sites for hydroxylation is 1. The maximum atomic E-state index is 5.96. The molecule has 3 N–H and O–H groups in total. The molecule has 2 rings (SSSR count). The van der Waals surface area contributed by atoms with Crippen LogP contribution in [0.5, 0.6) is 5.75 Å². The number of anilines is 3. The molecule has 0 heterocycles. The molecular weight excluding hydrogens is 292 g/mol. The lowest BCUT2D eigenvalue weighted by atomic mass is 10.2. The largest absolute Gasteiger partial charge is 0.497 e. The number of methoxy groups -OCH3 is 1. The van der Waals surface area contributed by atoms with Gasteiger partial charge in [0.05, 0.1) is 18.5 Å². The molecule has 0 fully saturated rings. The van der Waals surface area contributed by atoms with E-state index < -0.39 is 0 Å². The fourth-order valence-electron chi connectivity index (χ4n) is 1.66. The first-order valence-electron chi connectivity index (χ1n) is 5.57. The van der Waals surface area contributed by atoms with Gasteiger partial charge >= 0.3 is 0 Å². The van der Waals surface area contributed by atoms with E-state index in [4.69, 9.17) is 10.5 Å². The summed E-state index contributed by atoms with van der Waals surface area (Å²) >= 11 is 3.48. The molecule has 0 aromatic heterocycles. The van der Waals surface area contributed by atoms with Gasteiger partial charge in [-0.25, -0.2) is 0 Å². The Morgan fingerprint density at radius 3 is 2.56 bits per heavy atom. The Morgan fingerprint density at radius 2 is 1.94 bits per heavy atom. The van der Waals surface area contributed by atoms with Gasteiger partial charge in [0.15, 0.2) is 0 Å². The van der Waals surface area contributed by atoms with Crippen LogP contribution < -0.4 is 15.8 Å². The minimum Gasteiger partial charge on any atom is -0.497 e. The molecule has 0 amide bonds. The molecule has 0 aliphatic heterocycles. The van der Waals surface area contributed by atoms with Crippen molar-refractivity contribution in [2.45, 2.75) is 6.92 Å². The highest BCUT2D eigenvalue weighted by atomic mass is 79.9. The Balaban J connectivity index is 2.25.